The summed E-state index contributed by atoms with van der Waals surface area (Å²) in [6, 6.07) is 15.4. The van der Waals surface area contributed by atoms with Crippen LogP contribution in [0.5, 0.6) is 5.75 Å². The number of methoxy groups -OCH3 is 1. The predicted molar refractivity (Wildman–Crippen MR) is 133 cm³/mol. The van der Waals surface area contributed by atoms with Crippen molar-refractivity contribution < 1.29 is 14.3 Å². The van der Waals surface area contributed by atoms with Gasteiger partial charge in [-0.3, -0.25) is 9.59 Å². The van der Waals surface area contributed by atoms with Gasteiger partial charge in [0, 0.05) is 23.7 Å². The molecule has 1 N–H and O–H groups in total. The topological polar surface area (TPSA) is 61.9 Å². The van der Waals surface area contributed by atoms with E-state index < -0.39 is 0 Å². The summed E-state index contributed by atoms with van der Waals surface area (Å²) >= 11 is 1.65. The molecular weight excluding hydrogens is 446 g/mol. The maximum absolute atomic E-state index is 13.6. The normalized spacial score (nSPS) is 15.6. The molecule has 0 aromatic heterocycles. The Morgan fingerprint density at radius 1 is 1.16 bits per heavy atom. The summed E-state index contributed by atoms with van der Waals surface area (Å²) in [5.74, 6) is 0.858. The number of fused-ring (bicyclic) bond motifs is 1. The molecule has 32 heavy (non-hydrogen) atoms. The van der Waals surface area contributed by atoms with Crippen LogP contribution in [0.15, 0.2) is 53.4 Å². The second-order valence-electron chi connectivity index (χ2n) is 7.41. The van der Waals surface area contributed by atoms with E-state index in [0.717, 1.165) is 41.5 Å². The van der Waals surface area contributed by atoms with Crippen LogP contribution in [0.1, 0.15) is 25.3 Å². The number of ether oxygens (including phenoxy) is 1. The van der Waals surface area contributed by atoms with Gasteiger partial charge in [0.2, 0.25) is 11.8 Å². The lowest BCUT2D eigenvalue weighted by Crippen LogP contribution is -2.44. The fourth-order valence-electron chi connectivity index (χ4n) is 3.68. The van der Waals surface area contributed by atoms with E-state index in [1.165, 1.54) is 0 Å². The van der Waals surface area contributed by atoms with Crippen LogP contribution in [0.4, 0.5) is 5.69 Å². The smallest absolute Gasteiger partial charge is 0.240 e. The summed E-state index contributed by atoms with van der Waals surface area (Å²) in [4.78, 5) is 31.2. The number of likely N-dealkylation sites (N-methyl/N-ethyl adjacent to an activating group) is 1. The number of carbonyl (C=O) groups is 2. The summed E-state index contributed by atoms with van der Waals surface area (Å²) in [6.07, 6.45) is 0. The van der Waals surface area contributed by atoms with Crippen molar-refractivity contribution in [3.8, 4) is 5.75 Å². The second kappa shape index (κ2) is 12.7. The summed E-state index contributed by atoms with van der Waals surface area (Å²) in [5, 5.41) is 2.97. The van der Waals surface area contributed by atoms with E-state index in [9.17, 15) is 9.59 Å². The fourth-order valence-corrected chi connectivity index (χ4v) is 4.87. The number of rotatable bonds is 9. The van der Waals surface area contributed by atoms with Gasteiger partial charge in [-0.05, 0) is 42.9 Å². The molecule has 1 heterocycles. The highest BCUT2D eigenvalue weighted by molar-refractivity contribution is 7.99. The number of thioether (sulfide) groups is 1. The lowest BCUT2D eigenvalue weighted by molar-refractivity contribution is -0.124. The molecule has 2 aromatic rings. The summed E-state index contributed by atoms with van der Waals surface area (Å²) in [6.45, 7) is 7.50. The van der Waals surface area contributed by atoms with Gasteiger partial charge < -0.3 is 19.9 Å². The molecule has 1 atom stereocenters. The first-order valence-electron chi connectivity index (χ1n) is 10.7. The molecule has 3 rings (SSSR count). The first kappa shape index (κ1) is 26.0. The van der Waals surface area contributed by atoms with Crippen molar-refractivity contribution in [1.82, 2.24) is 10.2 Å². The third kappa shape index (κ3) is 6.40. The van der Waals surface area contributed by atoms with Gasteiger partial charge in [0.25, 0.3) is 0 Å². The molecule has 0 radical (unpaired) electrons. The Balaban J connectivity index is 0.00000363. The standard InChI is InChI=1S/C24H31N3O3S.ClH/c1-4-26(5-2)15-14-25-23(28)16-27-21-8-6-7-9-22(21)31-17-20(24(27)29)18-10-12-19(30-3)13-11-18;/h6-13,20H,4-5,14-17H2,1-3H3,(H,25,28);1H. The van der Waals surface area contributed by atoms with Crippen molar-refractivity contribution in [1.29, 1.82) is 0 Å². The molecule has 2 amide bonds. The third-order valence-electron chi connectivity index (χ3n) is 5.59. The molecule has 6 nitrogen and oxygen atoms in total. The van der Waals surface area contributed by atoms with E-state index in [0.29, 0.717) is 12.3 Å². The molecule has 1 aliphatic heterocycles. The Morgan fingerprint density at radius 2 is 1.84 bits per heavy atom. The minimum atomic E-state index is -0.327. The van der Waals surface area contributed by atoms with Crippen molar-refractivity contribution in [2.45, 2.75) is 24.7 Å². The lowest BCUT2D eigenvalue weighted by atomic mass is 9.99. The molecule has 0 saturated carbocycles. The van der Waals surface area contributed by atoms with Crippen LogP contribution in [0, 0.1) is 0 Å². The van der Waals surface area contributed by atoms with Gasteiger partial charge in [-0.1, -0.05) is 38.1 Å². The molecule has 8 heteroatoms. The van der Waals surface area contributed by atoms with Crippen molar-refractivity contribution in [2.24, 2.45) is 0 Å². The average molecular weight is 478 g/mol. The van der Waals surface area contributed by atoms with Crippen molar-refractivity contribution in [2.75, 3.05) is 50.5 Å². The summed E-state index contributed by atoms with van der Waals surface area (Å²) < 4.78 is 5.25. The number of nitrogens with zero attached hydrogens (tertiary/aromatic N) is 2. The molecular formula is C24H32ClN3O3S. The molecule has 1 aliphatic rings. The van der Waals surface area contributed by atoms with Crippen molar-refractivity contribution in [3.05, 3.63) is 54.1 Å². The SMILES string of the molecule is CCN(CC)CCNC(=O)CN1C(=O)C(c2ccc(OC)cc2)CSc2ccccc21.Cl. The Kier molecular flexibility index (Phi) is 10.4. The van der Waals surface area contributed by atoms with Gasteiger partial charge in [-0.25, -0.2) is 0 Å². The number of anilines is 1. The zero-order chi connectivity index (χ0) is 22.2. The Hall–Kier alpha value is -2.22. The quantitative estimate of drug-likeness (QED) is 0.595. The minimum Gasteiger partial charge on any atom is -0.497 e. The lowest BCUT2D eigenvalue weighted by Gasteiger charge is -2.25. The highest BCUT2D eigenvalue weighted by Gasteiger charge is 2.32. The minimum absolute atomic E-state index is 0. The maximum atomic E-state index is 13.6. The van der Waals surface area contributed by atoms with E-state index in [1.54, 1.807) is 23.8 Å². The highest BCUT2D eigenvalue weighted by atomic mass is 35.5. The van der Waals surface area contributed by atoms with Crippen LogP contribution in [-0.2, 0) is 9.59 Å². The van der Waals surface area contributed by atoms with Crippen molar-refractivity contribution >= 4 is 41.7 Å². The molecule has 174 valence electrons. The van der Waals surface area contributed by atoms with Crippen LogP contribution in [0.2, 0.25) is 0 Å². The number of halogens is 1. The van der Waals surface area contributed by atoms with Crippen LogP contribution in [-0.4, -0.2) is 62.3 Å². The van der Waals surface area contributed by atoms with E-state index in [1.807, 2.05) is 48.5 Å². The van der Waals surface area contributed by atoms with E-state index in [2.05, 4.69) is 24.1 Å². The number of hydrogen-bond donors (Lipinski definition) is 1. The number of nitrogens with one attached hydrogen (secondary N) is 1. The molecule has 0 saturated heterocycles. The molecule has 0 spiro atoms. The molecule has 2 aromatic carbocycles. The first-order valence-corrected chi connectivity index (χ1v) is 11.7. The van der Waals surface area contributed by atoms with Crippen LogP contribution in [0.3, 0.4) is 0 Å². The van der Waals surface area contributed by atoms with E-state index in [4.69, 9.17) is 4.74 Å². The van der Waals surface area contributed by atoms with Gasteiger partial charge >= 0.3 is 0 Å². The van der Waals surface area contributed by atoms with Gasteiger partial charge in [-0.2, -0.15) is 0 Å². The van der Waals surface area contributed by atoms with Crippen LogP contribution in [0.25, 0.3) is 0 Å². The molecule has 0 aliphatic carbocycles. The maximum Gasteiger partial charge on any atom is 0.240 e. The van der Waals surface area contributed by atoms with Gasteiger partial charge in [-0.15, -0.1) is 24.2 Å². The van der Waals surface area contributed by atoms with Crippen LogP contribution >= 0.6 is 24.2 Å². The molecule has 0 bridgehead atoms. The van der Waals surface area contributed by atoms with E-state index >= 15 is 0 Å². The fraction of sp³-hybridized carbons (Fsp3) is 0.417. The largest absolute Gasteiger partial charge is 0.497 e. The summed E-state index contributed by atoms with van der Waals surface area (Å²) in [5.41, 5.74) is 1.73. The highest BCUT2D eigenvalue weighted by Crippen LogP contribution is 2.39. The zero-order valence-electron chi connectivity index (χ0n) is 18.9. The van der Waals surface area contributed by atoms with Gasteiger partial charge in [0.05, 0.1) is 18.7 Å². The number of hydrogen-bond acceptors (Lipinski definition) is 5. The number of amides is 2. The van der Waals surface area contributed by atoms with Crippen LogP contribution < -0.4 is 15.0 Å². The average Bonchev–Trinajstić information content (AvgIpc) is 2.94. The first-order chi connectivity index (χ1) is 15.1. The summed E-state index contributed by atoms with van der Waals surface area (Å²) in [7, 11) is 1.62. The zero-order valence-corrected chi connectivity index (χ0v) is 20.5. The monoisotopic (exact) mass is 477 g/mol. The third-order valence-corrected chi connectivity index (χ3v) is 6.75. The van der Waals surface area contributed by atoms with Gasteiger partial charge in [0.15, 0.2) is 0 Å². The number of benzene rings is 2. The number of carbonyl (C=O) groups excluding carboxylic acids is 2. The Bertz CT molecular complexity index is 890. The van der Waals surface area contributed by atoms with E-state index in [-0.39, 0.29) is 36.7 Å². The Labute approximate surface area is 201 Å². The van der Waals surface area contributed by atoms with Crippen molar-refractivity contribution in [3.63, 3.8) is 0 Å². The Morgan fingerprint density at radius 3 is 2.50 bits per heavy atom. The van der Waals surface area contributed by atoms with Gasteiger partial charge in [0.1, 0.15) is 12.3 Å². The molecule has 0 fully saturated rings. The molecule has 1 unspecified atom stereocenters. The second-order valence-corrected chi connectivity index (χ2v) is 8.47. The number of para-hydroxylation sites is 1. The predicted octanol–water partition coefficient (Wildman–Crippen LogP) is 3.80.